The number of ether oxygens (including phenoxy) is 1. The minimum atomic E-state index is -0.218. The van der Waals surface area contributed by atoms with Crippen LogP contribution in [0.4, 0.5) is 0 Å². The first-order valence-corrected chi connectivity index (χ1v) is 7.67. The van der Waals surface area contributed by atoms with Crippen LogP contribution in [0.3, 0.4) is 0 Å². The molecule has 0 aliphatic heterocycles. The van der Waals surface area contributed by atoms with Crippen molar-refractivity contribution in [3.63, 3.8) is 0 Å². The van der Waals surface area contributed by atoms with Crippen molar-refractivity contribution in [1.29, 1.82) is 0 Å². The number of methoxy groups -OCH3 is 1. The van der Waals surface area contributed by atoms with Gasteiger partial charge in [-0.3, -0.25) is 0 Å². The first-order valence-electron chi connectivity index (χ1n) is 7.67. The molecule has 1 aromatic carbocycles. The molecule has 0 spiro atoms. The van der Waals surface area contributed by atoms with E-state index in [1.165, 1.54) is 5.56 Å². The average Bonchev–Trinajstić information content (AvgIpc) is 2.94. The van der Waals surface area contributed by atoms with Crippen molar-refractivity contribution in [3.05, 3.63) is 42.2 Å². The third kappa shape index (κ3) is 3.76. The van der Waals surface area contributed by atoms with Crippen molar-refractivity contribution in [2.75, 3.05) is 21.2 Å². The van der Waals surface area contributed by atoms with E-state index in [0.717, 1.165) is 17.9 Å². The van der Waals surface area contributed by atoms with Gasteiger partial charge in [0.15, 0.2) is 0 Å². The lowest BCUT2D eigenvalue weighted by atomic mass is 10.0. The fourth-order valence-electron chi connectivity index (χ4n) is 2.41. The van der Waals surface area contributed by atoms with Gasteiger partial charge in [0.2, 0.25) is 0 Å². The molecular formula is C18H27N3O. The third-order valence-electron chi connectivity index (χ3n) is 4.22. The topological polar surface area (TPSA) is 30.3 Å². The largest absolute Gasteiger partial charge is 0.377 e. The van der Waals surface area contributed by atoms with E-state index in [1.54, 1.807) is 7.11 Å². The van der Waals surface area contributed by atoms with Crippen molar-refractivity contribution in [3.8, 4) is 11.4 Å². The average molecular weight is 301 g/mol. The maximum atomic E-state index is 5.54. The molecule has 0 radical (unpaired) electrons. The van der Waals surface area contributed by atoms with E-state index in [2.05, 4.69) is 73.6 Å². The van der Waals surface area contributed by atoms with Gasteiger partial charge in [0.25, 0.3) is 0 Å². The molecule has 0 N–H and O–H groups in total. The van der Waals surface area contributed by atoms with Crippen molar-refractivity contribution in [1.82, 2.24) is 14.5 Å². The van der Waals surface area contributed by atoms with Crippen LogP contribution in [0, 0.1) is 0 Å². The maximum absolute atomic E-state index is 5.54. The molecule has 1 heterocycles. The SMILES string of the molecule is COC(C)(C)Cn1ccnc1-c1cccc([C@@H](C)N(C)C)c1. The lowest BCUT2D eigenvalue weighted by Gasteiger charge is -2.24. The number of nitrogens with zero attached hydrogens (tertiary/aromatic N) is 3. The van der Waals surface area contributed by atoms with E-state index in [0.29, 0.717) is 6.04 Å². The summed E-state index contributed by atoms with van der Waals surface area (Å²) in [6, 6.07) is 8.98. The number of hydrogen-bond donors (Lipinski definition) is 0. The van der Waals surface area contributed by atoms with E-state index in [4.69, 9.17) is 4.74 Å². The first-order chi connectivity index (χ1) is 10.3. The molecule has 4 nitrogen and oxygen atoms in total. The van der Waals surface area contributed by atoms with Crippen LogP contribution in [0.5, 0.6) is 0 Å². The van der Waals surface area contributed by atoms with E-state index < -0.39 is 0 Å². The summed E-state index contributed by atoms with van der Waals surface area (Å²) in [7, 11) is 5.94. The van der Waals surface area contributed by atoms with Crippen LogP contribution < -0.4 is 0 Å². The van der Waals surface area contributed by atoms with Crippen molar-refractivity contribution in [2.24, 2.45) is 0 Å². The number of benzene rings is 1. The van der Waals surface area contributed by atoms with Crippen LogP contribution in [-0.2, 0) is 11.3 Å². The molecule has 0 unspecified atom stereocenters. The second kappa shape index (κ2) is 6.63. The lowest BCUT2D eigenvalue weighted by Crippen LogP contribution is -2.29. The van der Waals surface area contributed by atoms with Crippen LogP contribution in [0.25, 0.3) is 11.4 Å². The van der Waals surface area contributed by atoms with E-state index >= 15 is 0 Å². The molecule has 120 valence electrons. The molecule has 1 atom stereocenters. The Kier molecular flexibility index (Phi) is 5.04. The second-order valence-electron chi connectivity index (χ2n) is 6.61. The van der Waals surface area contributed by atoms with Crippen molar-refractivity contribution >= 4 is 0 Å². The van der Waals surface area contributed by atoms with Crippen molar-refractivity contribution < 1.29 is 4.74 Å². The van der Waals surface area contributed by atoms with Gasteiger partial charge in [-0.1, -0.05) is 18.2 Å². The smallest absolute Gasteiger partial charge is 0.139 e. The normalized spacial score (nSPS) is 13.6. The molecule has 0 aliphatic carbocycles. The first kappa shape index (κ1) is 16.7. The number of rotatable bonds is 6. The molecule has 0 fully saturated rings. The number of hydrogen-bond acceptors (Lipinski definition) is 3. The highest BCUT2D eigenvalue weighted by atomic mass is 16.5. The summed E-state index contributed by atoms with van der Waals surface area (Å²) in [5.41, 5.74) is 2.22. The minimum absolute atomic E-state index is 0.218. The fraction of sp³-hybridized carbons (Fsp3) is 0.500. The third-order valence-corrected chi connectivity index (χ3v) is 4.22. The second-order valence-corrected chi connectivity index (χ2v) is 6.61. The predicted octanol–water partition coefficient (Wildman–Crippen LogP) is 3.60. The van der Waals surface area contributed by atoms with Crippen LogP contribution in [0.1, 0.15) is 32.4 Å². The summed E-state index contributed by atoms with van der Waals surface area (Å²) >= 11 is 0. The zero-order valence-electron chi connectivity index (χ0n) is 14.5. The van der Waals surface area contributed by atoms with Gasteiger partial charge in [-0.25, -0.2) is 4.98 Å². The molecule has 22 heavy (non-hydrogen) atoms. The Hall–Kier alpha value is -1.65. The lowest BCUT2D eigenvalue weighted by molar-refractivity contribution is 0.00850. The molecular weight excluding hydrogens is 274 g/mol. The Morgan fingerprint density at radius 2 is 2.05 bits per heavy atom. The molecule has 0 saturated carbocycles. The molecule has 2 rings (SSSR count). The summed E-state index contributed by atoms with van der Waals surface area (Å²) in [6.07, 6.45) is 3.86. The summed E-state index contributed by atoms with van der Waals surface area (Å²) < 4.78 is 7.70. The Balaban J connectivity index is 2.34. The highest BCUT2D eigenvalue weighted by Crippen LogP contribution is 2.25. The van der Waals surface area contributed by atoms with Crippen LogP contribution >= 0.6 is 0 Å². The molecule has 1 aromatic heterocycles. The van der Waals surface area contributed by atoms with Gasteiger partial charge < -0.3 is 14.2 Å². The minimum Gasteiger partial charge on any atom is -0.377 e. The highest BCUT2D eigenvalue weighted by molar-refractivity contribution is 5.57. The maximum Gasteiger partial charge on any atom is 0.139 e. The van der Waals surface area contributed by atoms with Gasteiger partial charge in [0, 0.05) is 31.1 Å². The van der Waals surface area contributed by atoms with Crippen LogP contribution in [0.2, 0.25) is 0 Å². The van der Waals surface area contributed by atoms with Gasteiger partial charge >= 0.3 is 0 Å². The van der Waals surface area contributed by atoms with Crippen molar-refractivity contribution in [2.45, 2.75) is 39.0 Å². The summed E-state index contributed by atoms with van der Waals surface area (Å²) in [5.74, 6) is 0.984. The quantitative estimate of drug-likeness (QED) is 0.816. The zero-order chi connectivity index (χ0) is 16.3. The molecule has 2 aromatic rings. The van der Waals surface area contributed by atoms with E-state index in [9.17, 15) is 0 Å². The fourth-order valence-corrected chi connectivity index (χ4v) is 2.41. The van der Waals surface area contributed by atoms with Gasteiger partial charge in [0.05, 0.1) is 12.1 Å². The van der Waals surface area contributed by atoms with Gasteiger partial charge in [0.1, 0.15) is 5.82 Å². The van der Waals surface area contributed by atoms with E-state index in [1.807, 2.05) is 12.4 Å². The van der Waals surface area contributed by atoms with Crippen LogP contribution in [0.15, 0.2) is 36.7 Å². The molecule has 0 amide bonds. The Morgan fingerprint density at radius 1 is 1.32 bits per heavy atom. The Bertz CT molecular complexity index is 616. The summed E-state index contributed by atoms with van der Waals surface area (Å²) in [4.78, 5) is 6.75. The highest BCUT2D eigenvalue weighted by Gasteiger charge is 2.19. The number of aromatic nitrogens is 2. The Labute approximate surface area is 133 Å². The molecule has 0 bridgehead atoms. The van der Waals surface area contributed by atoms with Gasteiger partial charge in [-0.15, -0.1) is 0 Å². The molecule has 0 saturated heterocycles. The van der Waals surface area contributed by atoms with Crippen LogP contribution in [-0.4, -0.2) is 41.3 Å². The standard InChI is InChI=1S/C18H27N3O/c1-14(20(4)5)15-8-7-9-16(12-15)17-19-10-11-21(17)13-18(2,3)22-6/h7-12,14H,13H2,1-6H3/t14-/m1/s1. The monoisotopic (exact) mass is 301 g/mol. The predicted molar refractivity (Wildman–Crippen MR) is 90.9 cm³/mol. The van der Waals surface area contributed by atoms with Gasteiger partial charge in [-0.2, -0.15) is 0 Å². The zero-order valence-corrected chi connectivity index (χ0v) is 14.5. The molecule has 0 aliphatic rings. The van der Waals surface area contributed by atoms with E-state index in [-0.39, 0.29) is 5.60 Å². The number of imidazole rings is 1. The van der Waals surface area contributed by atoms with Gasteiger partial charge in [-0.05, 0) is 46.5 Å². The molecule has 4 heteroatoms. The summed E-state index contributed by atoms with van der Waals surface area (Å²) in [6.45, 7) is 7.15. The Morgan fingerprint density at radius 3 is 2.68 bits per heavy atom. The summed E-state index contributed by atoms with van der Waals surface area (Å²) in [5, 5.41) is 0.